The van der Waals surface area contributed by atoms with Gasteiger partial charge < -0.3 is 4.74 Å². The van der Waals surface area contributed by atoms with E-state index >= 15 is 0 Å². The van der Waals surface area contributed by atoms with Crippen LogP contribution in [-0.4, -0.2) is 20.8 Å². The van der Waals surface area contributed by atoms with Crippen molar-refractivity contribution in [2.45, 2.75) is 56.3 Å². The summed E-state index contributed by atoms with van der Waals surface area (Å²) in [6.45, 7) is 7.00. The Kier molecular flexibility index (Phi) is 7.86. The van der Waals surface area contributed by atoms with Crippen LogP contribution < -0.4 is 4.74 Å². The first kappa shape index (κ1) is 26.9. The lowest BCUT2D eigenvalue weighted by Crippen LogP contribution is -2.00. The minimum atomic E-state index is -3.14. The molecule has 0 bridgehead atoms. The lowest BCUT2D eigenvalue weighted by Gasteiger charge is -2.02. The Morgan fingerprint density at radius 1 is 0.737 bits per heavy atom. The Hall–Kier alpha value is -4.12. The molecule has 0 spiro atoms. The molecule has 6 nitrogen and oxygen atoms in total. The van der Waals surface area contributed by atoms with Crippen molar-refractivity contribution in [2.75, 3.05) is 12.4 Å². The molecular weight excluding hydrogens is 494 g/mol. The maximum Gasteiger partial charge on any atom is 0.179 e. The lowest BCUT2D eigenvalue weighted by atomic mass is 10.0. The normalized spacial score (nSPS) is 20.9. The van der Waals surface area contributed by atoms with Crippen molar-refractivity contribution in [3.63, 3.8) is 0 Å². The maximum absolute atomic E-state index is 11.6. The highest BCUT2D eigenvalue weighted by Gasteiger charge is 2.32. The monoisotopic (exact) mass is 523 g/mol. The molecule has 3 aromatic carbocycles. The molecule has 3 atom stereocenters. The van der Waals surface area contributed by atoms with E-state index in [0.29, 0.717) is 27.9 Å². The van der Waals surface area contributed by atoms with E-state index in [1.807, 2.05) is 37.3 Å². The summed E-state index contributed by atoms with van der Waals surface area (Å²) in [5.74, 6) is 2.24. The third-order valence-electron chi connectivity index (χ3n) is 7.29. The van der Waals surface area contributed by atoms with Crippen LogP contribution in [0.1, 0.15) is 83.9 Å². The Morgan fingerprint density at radius 3 is 1.97 bits per heavy atom. The summed E-state index contributed by atoms with van der Waals surface area (Å²) >= 11 is 0. The van der Waals surface area contributed by atoms with Crippen LogP contribution >= 0.6 is 0 Å². The topological polar surface area (TPSA) is 115 Å². The molecule has 192 valence electrons. The molecule has 3 aliphatic rings. The van der Waals surface area contributed by atoms with Gasteiger partial charge in [-0.05, 0) is 77.8 Å². The van der Waals surface area contributed by atoms with E-state index in [1.165, 1.54) is 29.2 Å². The second-order valence-corrected chi connectivity index (χ2v) is 12.1. The van der Waals surface area contributed by atoms with Gasteiger partial charge in [-0.15, -0.1) is 0 Å². The van der Waals surface area contributed by atoms with E-state index in [2.05, 4.69) is 32.1 Å². The summed E-state index contributed by atoms with van der Waals surface area (Å²) in [6, 6.07) is 22.7. The van der Waals surface area contributed by atoms with Crippen LogP contribution in [0, 0.1) is 34.0 Å². The van der Waals surface area contributed by atoms with Crippen LogP contribution in [0.4, 0.5) is 0 Å². The predicted octanol–water partition coefficient (Wildman–Crippen LogP) is 6.11. The molecule has 0 N–H and O–H groups in total. The average molecular weight is 524 g/mol. The third kappa shape index (κ3) is 5.57. The van der Waals surface area contributed by atoms with Crippen LogP contribution in [0.25, 0.3) is 0 Å². The standard InChI is InChI=1S/C11H11N.C10H9NO2S.C10H9NO/c1-8-2-4-10-6-9(7-12)3-5-11(8)10;1-7-6-14(12,13)10-4-8(5-11)2-3-9(7)10;1-7-6-12-10-4-8(5-11)2-3-9(7)10/h3,5-6,8H,2,4H2,1H3;2-4,7H,6H2,1H3;2-4,7H,6H2,1H3/t8-;2*7-/m111/s1. The van der Waals surface area contributed by atoms with Gasteiger partial charge >= 0.3 is 0 Å². The van der Waals surface area contributed by atoms with E-state index in [-0.39, 0.29) is 11.7 Å². The quantitative estimate of drug-likeness (QED) is 0.351. The van der Waals surface area contributed by atoms with Crippen molar-refractivity contribution in [2.24, 2.45) is 0 Å². The fourth-order valence-corrected chi connectivity index (χ4v) is 7.08. The first-order valence-electron chi connectivity index (χ1n) is 12.6. The number of sulfone groups is 1. The fraction of sp³-hybridized carbons (Fsp3) is 0.323. The average Bonchev–Trinajstić information content (AvgIpc) is 3.56. The molecule has 1 aliphatic carbocycles. The maximum atomic E-state index is 11.6. The Morgan fingerprint density at radius 2 is 1.32 bits per heavy atom. The van der Waals surface area contributed by atoms with Gasteiger partial charge in [0.15, 0.2) is 9.84 Å². The zero-order chi connectivity index (χ0) is 27.4. The minimum absolute atomic E-state index is 0.0442. The number of benzene rings is 3. The third-order valence-corrected chi connectivity index (χ3v) is 9.25. The van der Waals surface area contributed by atoms with Crippen LogP contribution in [0.15, 0.2) is 59.5 Å². The molecular formula is C31H29N3O3S. The minimum Gasteiger partial charge on any atom is -0.493 e. The van der Waals surface area contributed by atoms with E-state index in [1.54, 1.807) is 18.2 Å². The van der Waals surface area contributed by atoms with Crippen LogP contribution in [0.5, 0.6) is 5.75 Å². The van der Waals surface area contributed by atoms with Crippen molar-refractivity contribution >= 4 is 9.84 Å². The van der Waals surface area contributed by atoms with Gasteiger partial charge in [0.1, 0.15) is 5.75 Å². The molecule has 2 heterocycles. The Balaban J connectivity index is 0.000000133. The van der Waals surface area contributed by atoms with Crippen molar-refractivity contribution in [3.05, 3.63) is 93.5 Å². The molecule has 0 amide bonds. The number of nitriles is 3. The van der Waals surface area contributed by atoms with Crippen molar-refractivity contribution in [1.82, 2.24) is 0 Å². The largest absolute Gasteiger partial charge is 0.493 e. The van der Waals surface area contributed by atoms with Crippen LogP contribution in [0.3, 0.4) is 0 Å². The molecule has 0 fully saturated rings. The van der Waals surface area contributed by atoms with Crippen LogP contribution in [0.2, 0.25) is 0 Å². The van der Waals surface area contributed by atoms with E-state index < -0.39 is 9.84 Å². The molecule has 2 aliphatic heterocycles. The van der Waals surface area contributed by atoms with Gasteiger partial charge in [0.2, 0.25) is 0 Å². The highest BCUT2D eigenvalue weighted by molar-refractivity contribution is 7.91. The zero-order valence-corrected chi connectivity index (χ0v) is 22.5. The highest BCUT2D eigenvalue weighted by atomic mass is 32.2. The van der Waals surface area contributed by atoms with Crippen molar-refractivity contribution < 1.29 is 13.2 Å². The van der Waals surface area contributed by atoms with Crippen LogP contribution in [-0.2, 0) is 16.3 Å². The summed E-state index contributed by atoms with van der Waals surface area (Å²) in [5.41, 5.74) is 6.74. The van der Waals surface area contributed by atoms with Gasteiger partial charge in [0.05, 0.1) is 52.2 Å². The number of rotatable bonds is 0. The molecule has 3 aromatic rings. The second kappa shape index (κ2) is 11.1. The number of hydrogen-bond acceptors (Lipinski definition) is 6. The lowest BCUT2D eigenvalue weighted by molar-refractivity contribution is 0.337. The number of ether oxygens (including phenoxy) is 1. The number of fused-ring (bicyclic) bond motifs is 3. The second-order valence-electron chi connectivity index (χ2n) is 10.1. The Bertz CT molecular complexity index is 1540. The Labute approximate surface area is 224 Å². The molecule has 38 heavy (non-hydrogen) atoms. The van der Waals surface area contributed by atoms with Crippen molar-refractivity contribution in [1.29, 1.82) is 15.8 Å². The number of nitrogens with zero attached hydrogens (tertiary/aromatic N) is 3. The predicted molar refractivity (Wildman–Crippen MR) is 145 cm³/mol. The zero-order valence-electron chi connectivity index (χ0n) is 21.7. The summed E-state index contributed by atoms with van der Waals surface area (Å²) in [5, 5.41) is 26.0. The first-order valence-corrected chi connectivity index (χ1v) is 14.3. The SMILES string of the molecule is C[C@@H]1CCc2cc(C#N)ccc21.C[C@@H]1COc2cc(C#N)ccc21.C[C@@H]1CS(=O)(=O)c2cc(C#N)ccc21. The number of aryl methyl sites for hydroxylation is 1. The molecule has 7 heteroatoms. The first-order chi connectivity index (χ1) is 18.2. The molecule has 0 aromatic heterocycles. The summed E-state index contributed by atoms with van der Waals surface area (Å²) in [7, 11) is -3.14. The molecule has 0 unspecified atom stereocenters. The van der Waals surface area contributed by atoms with E-state index in [9.17, 15) is 8.42 Å². The van der Waals surface area contributed by atoms with Gasteiger partial charge in [0.25, 0.3) is 0 Å². The summed E-state index contributed by atoms with van der Waals surface area (Å²) in [4.78, 5) is 0.337. The molecule has 0 radical (unpaired) electrons. The van der Waals surface area contributed by atoms with Gasteiger partial charge in [-0.1, -0.05) is 39.0 Å². The highest BCUT2D eigenvalue weighted by Crippen LogP contribution is 2.35. The molecule has 0 saturated heterocycles. The molecule has 6 rings (SSSR count). The van der Waals surface area contributed by atoms with E-state index in [4.69, 9.17) is 20.5 Å². The molecule has 0 saturated carbocycles. The van der Waals surface area contributed by atoms with E-state index in [0.717, 1.165) is 29.9 Å². The van der Waals surface area contributed by atoms with Crippen molar-refractivity contribution in [3.8, 4) is 24.0 Å². The van der Waals surface area contributed by atoms with Gasteiger partial charge in [-0.3, -0.25) is 0 Å². The fourth-order valence-electron chi connectivity index (χ4n) is 5.13. The smallest absolute Gasteiger partial charge is 0.179 e. The van der Waals surface area contributed by atoms with Gasteiger partial charge in [0, 0.05) is 11.5 Å². The van der Waals surface area contributed by atoms with Gasteiger partial charge in [-0.2, -0.15) is 15.8 Å². The number of hydrogen-bond donors (Lipinski definition) is 0. The van der Waals surface area contributed by atoms with Gasteiger partial charge in [-0.25, -0.2) is 8.42 Å². The summed E-state index contributed by atoms with van der Waals surface area (Å²) < 4.78 is 28.6. The summed E-state index contributed by atoms with van der Waals surface area (Å²) in [6.07, 6.45) is 2.39.